The second-order valence-electron chi connectivity index (χ2n) is 4.13. The van der Waals surface area contributed by atoms with E-state index < -0.39 is 6.61 Å². The third-order valence-corrected chi connectivity index (χ3v) is 2.59. The highest BCUT2D eigenvalue weighted by atomic mass is 19.3. The molecule has 106 valence electrons. The van der Waals surface area contributed by atoms with Gasteiger partial charge in [0.25, 0.3) is 0 Å². The first-order chi connectivity index (χ1) is 9.02. The Morgan fingerprint density at radius 3 is 2.53 bits per heavy atom. The normalized spacial score (nSPS) is 12.3. The van der Waals surface area contributed by atoms with Crippen molar-refractivity contribution in [3.63, 3.8) is 0 Å². The summed E-state index contributed by atoms with van der Waals surface area (Å²) in [4.78, 5) is 11.5. The van der Waals surface area contributed by atoms with Gasteiger partial charge in [0.05, 0.1) is 6.04 Å². The molecule has 1 aromatic rings. The fourth-order valence-electron chi connectivity index (χ4n) is 1.60. The summed E-state index contributed by atoms with van der Waals surface area (Å²) in [7, 11) is 0. The van der Waals surface area contributed by atoms with E-state index in [-0.39, 0.29) is 17.7 Å². The fourth-order valence-corrected chi connectivity index (χ4v) is 1.60. The summed E-state index contributed by atoms with van der Waals surface area (Å²) < 4.78 is 28.2. The molecule has 0 aliphatic rings. The van der Waals surface area contributed by atoms with Crippen LogP contribution in [-0.2, 0) is 4.79 Å². The molecule has 0 saturated heterocycles. The molecule has 1 aromatic carbocycles. The molecule has 19 heavy (non-hydrogen) atoms. The number of nitrogens with two attached hydrogens (primary N) is 1. The van der Waals surface area contributed by atoms with Crippen molar-refractivity contribution < 1.29 is 18.3 Å². The van der Waals surface area contributed by atoms with Crippen molar-refractivity contribution in [1.29, 1.82) is 0 Å². The van der Waals surface area contributed by atoms with Gasteiger partial charge in [-0.2, -0.15) is 8.78 Å². The molecule has 0 heterocycles. The first-order valence-electron chi connectivity index (χ1n) is 6.07. The van der Waals surface area contributed by atoms with E-state index in [1.54, 1.807) is 12.1 Å². The van der Waals surface area contributed by atoms with Gasteiger partial charge in [0.15, 0.2) is 0 Å². The molecule has 0 fully saturated rings. The van der Waals surface area contributed by atoms with E-state index in [1.165, 1.54) is 12.1 Å². The maximum Gasteiger partial charge on any atom is 0.387 e. The van der Waals surface area contributed by atoms with Crippen molar-refractivity contribution >= 4 is 5.91 Å². The lowest BCUT2D eigenvalue weighted by Crippen LogP contribution is -2.26. The van der Waals surface area contributed by atoms with Crippen LogP contribution < -0.4 is 15.8 Å². The average molecular weight is 272 g/mol. The van der Waals surface area contributed by atoms with Gasteiger partial charge in [-0.3, -0.25) is 4.79 Å². The Morgan fingerprint density at radius 2 is 2.00 bits per heavy atom. The van der Waals surface area contributed by atoms with Crippen molar-refractivity contribution in [1.82, 2.24) is 5.32 Å². The number of alkyl halides is 2. The van der Waals surface area contributed by atoms with E-state index in [9.17, 15) is 13.6 Å². The summed E-state index contributed by atoms with van der Waals surface area (Å²) in [6, 6.07) is 6.00. The molecule has 1 rings (SSSR count). The number of rotatable bonds is 7. The van der Waals surface area contributed by atoms with Gasteiger partial charge in [-0.25, -0.2) is 0 Å². The number of hydrogen-bond donors (Lipinski definition) is 2. The molecular formula is C13H18F2N2O2. The number of amides is 1. The zero-order chi connectivity index (χ0) is 14.3. The number of benzene rings is 1. The monoisotopic (exact) mass is 272 g/mol. The Labute approximate surface area is 110 Å². The largest absolute Gasteiger partial charge is 0.435 e. The molecule has 6 heteroatoms. The highest BCUT2D eigenvalue weighted by Gasteiger charge is 2.10. The maximum absolute atomic E-state index is 12.0. The highest BCUT2D eigenvalue weighted by Crippen LogP contribution is 2.19. The van der Waals surface area contributed by atoms with E-state index >= 15 is 0 Å². The summed E-state index contributed by atoms with van der Waals surface area (Å²) in [6.45, 7) is -0.538. The third kappa shape index (κ3) is 5.65. The Kier molecular flexibility index (Phi) is 6.21. The quantitative estimate of drug-likeness (QED) is 0.799. The van der Waals surface area contributed by atoms with Gasteiger partial charge >= 0.3 is 6.61 Å². The van der Waals surface area contributed by atoms with Crippen LogP contribution in [0.2, 0.25) is 0 Å². The topological polar surface area (TPSA) is 64.4 Å². The number of hydrogen-bond acceptors (Lipinski definition) is 3. The van der Waals surface area contributed by atoms with Crippen LogP contribution in [0, 0.1) is 0 Å². The molecule has 0 radical (unpaired) electrons. The van der Waals surface area contributed by atoms with Crippen LogP contribution in [0.1, 0.15) is 31.4 Å². The van der Waals surface area contributed by atoms with Gasteiger partial charge in [0, 0.05) is 6.42 Å². The summed E-state index contributed by atoms with van der Waals surface area (Å²) in [5.41, 5.74) is 6.14. The van der Waals surface area contributed by atoms with E-state index in [4.69, 9.17) is 5.73 Å². The summed E-state index contributed by atoms with van der Waals surface area (Å²) in [5, 5.41) is 2.81. The third-order valence-electron chi connectivity index (χ3n) is 2.59. The first kappa shape index (κ1) is 15.4. The Hall–Kier alpha value is -1.69. The van der Waals surface area contributed by atoms with E-state index in [0.29, 0.717) is 19.4 Å². The molecular weight excluding hydrogens is 254 g/mol. The molecule has 4 nitrogen and oxygen atoms in total. The number of ether oxygens (including phenoxy) is 1. The zero-order valence-corrected chi connectivity index (χ0v) is 10.7. The lowest BCUT2D eigenvalue weighted by atomic mass is 10.1. The molecule has 0 aliphatic heterocycles. The van der Waals surface area contributed by atoms with Gasteiger partial charge in [-0.15, -0.1) is 0 Å². The molecule has 0 saturated carbocycles. The molecule has 3 N–H and O–H groups in total. The van der Waals surface area contributed by atoms with Gasteiger partial charge in [0.2, 0.25) is 5.91 Å². The number of carbonyl (C=O) groups excluding carboxylic acids is 1. The maximum atomic E-state index is 12.0. The molecule has 0 aromatic heterocycles. The SMILES string of the molecule is CC(NC(=O)CCCN)c1ccc(OC(F)F)cc1. The van der Waals surface area contributed by atoms with E-state index in [1.807, 2.05) is 6.92 Å². The minimum Gasteiger partial charge on any atom is -0.435 e. The van der Waals surface area contributed by atoms with Crippen molar-refractivity contribution in [2.75, 3.05) is 6.54 Å². The molecule has 0 bridgehead atoms. The minimum absolute atomic E-state index is 0.0779. The standard InChI is InChI=1S/C13H18F2N2O2/c1-9(17-12(18)3-2-8-16)10-4-6-11(7-5-10)19-13(14)15/h4-7,9,13H,2-3,8,16H2,1H3,(H,17,18). The summed E-state index contributed by atoms with van der Waals surface area (Å²) >= 11 is 0. The van der Waals surface area contributed by atoms with E-state index in [2.05, 4.69) is 10.1 Å². The molecule has 0 aliphatic carbocycles. The lowest BCUT2D eigenvalue weighted by Gasteiger charge is -2.15. The molecule has 1 atom stereocenters. The van der Waals surface area contributed by atoms with Crippen molar-refractivity contribution in [3.8, 4) is 5.75 Å². The second kappa shape index (κ2) is 7.68. The second-order valence-corrected chi connectivity index (χ2v) is 4.13. The van der Waals surface area contributed by atoms with Gasteiger partial charge in [-0.05, 0) is 37.6 Å². The fraction of sp³-hybridized carbons (Fsp3) is 0.462. The lowest BCUT2D eigenvalue weighted by molar-refractivity contribution is -0.121. The Bertz CT molecular complexity index is 396. The number of nitrogens with one attached hydrogen (secondary N) is 1. The summed E-state index contributed by atoms with van der Waals surface area (Å²) in [5.74, 6) is 0.0197. The van der Waals surface area contributed by atoms with Crippen LogP contribution in [0.4, 0.5) is 8.78 Å². The van der Waals surface area contributed by atoms with Crippen molar-refractivity contribution in [2.45, 2.75) is 32.4 Å². The zero-order valence-electron chi connectivity index (χ0n) is 10.7. The number of carbonyl (C=O) groups is 1. The Morgan fingerprint density at radius 1 is 1.37 bits per heavy atom. The Balaban J connectivity index is 2.52. The first-order valence-corrected chi connectivity index (χ1v) is 6.07. The predicted molar refractivity (Wildman–Crippen MR) is 67.9 cm³/mol. The van der Waals surface area contributed by atoms with Gasteiger partial charge < -0.3 is 15.8 Å². The van der Waals surface area contributed by atoms with Crippen LogP contribution in [0.3, 0.4) is 0 Å². The highest BCUT2D eigenvalue weighted by molar-refractivity contribution is 5.76. The van der Waals surface area contributed by atoms with Gasteiger partial charge in [0.1, 0.15) is 5.75 Å². The smallest absolute Gasteiger partial charge is 0.387 e. The minimum atomic E-state index is -2.83. The average Bonchev–Trinajstić information content (AvgIpc) is 2.36. The molecule has 0 spiro atoms. The number of halogens is 2. The molecule has 1 unspecified atom stereocenters. The van der Waals surface area contributed by atoms with Crippen LogP contribution >= 0.6 is 0 Å². The van der Waals surface area contributed by atoms with Crippen LogP contribution in [0.15, 0.2) is 24.3 Å². The van der Waals surface area contributed by atoms with Crippen LogP contribution in [0.25, 0.3) is 0 Å². The van der Waals surface area contributed by atoms with Crippen molar-refractivity contribution in [2.24, 2.45) is 5.73 Å². The van der Waals surface area contributed by atoms with Gasteiger partial charge in [-0.1, -0.05) is 12.1 Å². The van der Waals surface area contributed by atoms with Crippen LogP contribution in [0.5, 0.6) is 5.75 Å². The summed E-state index contributed by atoms with van der Waals surface area (Å²) in [6.07, 6.45) is 1.02. The van der Waals surface area contributed by atoms with Crippen LogP contribution in [-0.4, -0.2) is 19.1 Å². The van der Waals surface area contributed by atoms with Crippen molar-refractivity contribution in [3.05, 3.63) is 29.8 Å². The van der Waals surface area contributed by atoms with E-state index in [0.717, 1.165) is 5.56 Å². The predicted octanol–water partition coefficient (Wildman–Crippen LogP) is 2.20. The molecule has 1 amide bonds.